The molecule has 1 aromatic carbocycles. The summed E-state index contributed by atoms with van der Waals surface area (Å²) in [5, 5.41) is 6.29. The summed E-state index contributed by atoms with van der Waals surface area (Å²) in [6.07, 6.45) is 8.95. The molecule has 5 heteroatoms. The van der Waals surface area contributed by atoms with Crippen LogP contribution in [0.2, 0.25) is 0 Å². The maximum absolute atomic E-state index is 12.8. The minimum absolute atomic E-state index is 0.0777. The lowest BCUT2D eigenvalue weighted by atomic mass is 9.71. The van der Waals surface area contributed by atoms with Gasteiger partial charge in [0, 0.05) is 5.69 Å². The second-order valence-electron chi connectivity index (χ2n) is 11.5. The standard InChI is InChI=1S/C29H51N3O2/c1-8-19-32(22-26(34)31-27-24(2)13-11-14-25(27)3)20-12-16-29(6,7)23-28(4,5)15-9-10-17-30-18-21-33/h11,13-14,21,30H,8-10,12,15-20,22-23H2,1-7H3,(H,31,34). The molecule has 0 radical (unpaired) electrons. The van der Waals surface area contributed by atoms with E-state index in [-0.39, 0.29) is 11.3 Å². The molecule has 0 aliphatic carbocycles. The summed E-state index contributed by atoms with van der Waals surface area (Å²) in [6, 6.07) is 6.11. The number of amides is 1. The second-order valence-corrected chi connectivity index (χ2v) is 11.5. The molecule has 0 saturated carbocycles. The van der Waals surface area contributed by atoms with Gasteiger partial charge >= 0.3 is 0 Å². The van der Waals surface area contributed by atoms with Gasteiger partial charge in [0.1, 0.15) is 6.29 Å². The predicted molar refractivity (Wildman–Crippen MR) is 145 cm³/mol. The molecule has 0 aliphatic heterocycles. The number of nitrogens with zero attached hydrogens (tertiary/aromatic N) is 1. The van der Waals surface area contributed by atoms with E-state index in [2.05, 4.69) is 50.2 Å². The monoisotopic (exact) mass is 473 g/mol. The van der Waals surface area contributed by atoms with E-state index in [9.17, 15) is 9.59 Å². The van der Waals surface area contributed by atoms with E-state index in [1.807, 2.05) is 32.0 Å². The van der Waals surface area contributed by atoms with Crippen molar-refractivity contribution in [3.63, 3.8) is 0 Å². The fraction of sp³-hybridized carbons (Fsp3) is 0.724. The molecule has 0 atom stereocenters. The van der Waals surface area contributed by atoms with Crippen LogP contribution in [0.5, 0.6) is 0 Å². The van der Waals surface area contributed by atoms with Crippen molar-refractivity contribution in [1.82, 2.24) is 10.2 Å². The zero-order valence-electron chi connectivity index (χ0n) is 23.1. The van der Waals surface area contributed by atoms with Crippen LogP contribution in [0, 0.1) is 24.7 Å². The van der Waals surface area contributed by atoms with Crippen LogP contribution in [-0.4, -0.2) is 49.8 Å². The van der Waals surface area contributed by atoms with Gasteiger partial charge in [-0.05, 0) is 94.0 Å². The average Bonchev–Trinajstić information content (AvgIpc) is 2.72. The van der Waals surface area contributed by atoms with E-state index in [4.69, 9.17) is 0 Å². The second kappa shape index (κ2) is 15.3. The highest BCUT2D eigenvalue weighted by Crippen LogP contribution is 2.40. The Morgan fingerprint density at radius 2 is 1.59 bits per heavy atom. The maximum Gasteiger partial charge on any atom is 0.238 e. The third-order valence-electron chi connectivity index (χ3n) is 6.62. The molecule has 0 heterocycles. The Labute approximate surface area is 209 Å². The Kier molecular flexibility index (Phi) is 13.6. The van der Waals surface area contributed by atoms with E-state index < -0.39 is 0 Å². The van der Waals surface area contributed by atoms with Crippen molar-refractivity contribution >= 4 is 17.9 Å². The lowest BCUT2D eigenvalue weighted by molar-refractivity contribution is -0.117. The number of aryl methyl sites for hydroxylation is 2. The molecule has 2 N–H and O–H groups in total. The van der Waals surface area contributed by atoms with E-state index >= 15 is 0 Å². The van der Waals surface area contributed by atoms with E-state index in [0.29, 0.717) is 18.5 Å². The molecule has 5 nitrogen and oxygen atoms in total. The summed E-state index contributed by atoms with van der Waals surface area (Å²) in [6.45, 7) is 19.5. The molecule has 34 heavy (non-hydrogen) atoms. The number of benzene rings is 1. The van der Waals surface area contributed by atoms with Gasteiger partial charge < -0.3 is 15.4 Å². The number of unbranched alkanes of at least 4 members (excludes halogenated alkanes) is 1. The minimum Gasteiger partial charge on any atom is -0.324 e. The average molecular weight is 474 g/mol. The van der Waals surface area contributed by atoms with Crippen LogP contribution >= 0.6 is 0 Å². The molecule has 1 rings (SSSR count). The van der Waals surface area contributed by atoms with Crippen LogP contribution in [0.3, 0.4) is 0 Å². The Balaban J connectivity index is 2.47. The molecule has 0 bridgehead atoms. The molecule has 1 aromatic rings. The normalized spacial score (nSPS) is 12.2. The topological polar surface area (TPSA) is 61.4 Å². The number of hydrogen-bond acceptors (Lipinski definition) is 4. The lowest BCUT2D eigenvalue weighted by Gasteiger charge is -2.36. The molecule has 0 spiro atoms. The number of para-hydroxylation sites is 1. The summed E-state index contributed by atoms with van der Waals surface area (Å²) in [4.78, 5) is 25.4. The number of aldehydes is 1. The first-order valence-corrected chi connectivity index (χ1v) is 13.2. The Hall–Kier alpha value is -1.72. The summed E-state index contributed by atoms with van der Waals surface area (Å²) in [5.74, 6) is 0.0777. The van der Waals surface area contributed by atoms with Gasteiger partial charge in [0.05, 0.1) is 13.1 Å². The largest absolute Gasteiger partial charge is 0.324 e. The number of anilines is 1. The van der Waals surface area contributed by atoms with Crippen molar-refractivity contribution in [2.45, 2.75) is 93.4 Å². The molecule has 0 aliphatic rings. The van der Waals surface area contributed by atoms with Gasteiger partial charge in [0.2, 0.25) is 5.91 Å². The van der Waals surface area contributed by atoms with Crippen LogP contribution in [0.1, 0.15) is 90.7 Å². The number of nitrogens with one attached hydrogen (secondary N) is 2. The van der Waals surface area contributed by atoms with Crippen LogP contribution < -0.4 is 10.6 Å². The zero-order chi connectivity index (χ0) is 25.6. The molecule has 0 fully saturated rings. The van der Waals surface area contributed by atoms with E-state index in [1.54, 1.807) is 0 Å². The molecule has 0 aromatic heterocycles. The first kappa shape index (κ1) is 30.3. The predicted octanol–water partition coefficient (Wildman–Crippen LogP) is 6.14. The summed E-state index contributed by atoms with van der Waals surface area (Å²) in [7, 11) is 0. The van der Waals surface area contributed by atoms with Gasteiger partial charge in [-0.1, -0.05) is 59.2 Å². The van der Waals surface area contributed by atoms with Gasteiger partial charge in [-0.2, -0.15) is 0 Å². The van der Waals surface area contributed by atoms with Crippen LogP contribution in [0.4, 0.5) is 5.69 Å². The van der Waals surface area contributed by atoms with Crippen molar-refractivity contribution < 1.29 is 9.59 Å². The highest BCUT2D eigenvalue weighted by Gasteiger charge is 2.28. The van der Waals surface area contributed by atoms with E-state index in [1.165, 1.54) is 19.3 Å². The first-order valence-electron chi connectivity index (χ1n) is 13.2. The SMILES string of the molecule is CCCN(CCCC(C)(C)CC(C)(C)CCCCNCC=O)CC(=O)Nc1c(C)cccc1C. The molecule has 194 valence electrons. The van der Waals surface area contributed by atoms with Gasteiger partial charge in [0.15, 0.2) is 0 Å². The fourth-order valence-electron chi connectivity index (χ4n) is 5.25. The number of carbonyl (C=O) groups excluding carboxylic acids is 2. The van der Waals surface area contributed by atoms with Gasteiger partial charge in [-0.25, -0.2) is 0 Å². The van der Waals surface area contributed by atoms with Crippen molar-refractivity contribution in [2.75, 3.05) is 38.0 Å². The Bertz CT molecular complexity index is 723. The molecule has 1 amide bonds. The third-order valence-corrected chi connectivity index (χ3v) is 6.62. The zero-order valence-corrected chi connectivity index (χ0v) is 23.1. The summed E-state index contributed by atoms with van der Waals surface area (Å²) < 4.78 is 0. The molecule has 0 saturated heterocycles. The highest BCUT2D eigenvalue weighted by atomic mass is 16.2. The maximum atomic E-state index is 12.8. The molecular formula is C29H51N3O2. The smallest absolute Gasteiger partial charge is 0.238 e. The summed E-state index contributed by atoms with van der Waals surface area (Å²) in [5.41, 5.74) is 3.75. The Morgan fingerprint density at radius 1 is 0.971 bits per heavy atom. The first-order chi connectivity index (χ1) is 16.0. The fourth-order valence-corrected chi connectivity index (χ4v) is 5.25. The third kappa shape index (κ3) is 12.7. The van der Waals surface area contributed by atoms with Gasteiger partial charge in [0.25, 0.3) is 0 Å². The Morgan fingerprint density at radius 3 is 2.18 bits per heavy atom. The van der Waals surface area contributed by atoms with Crippen LogP contribution in [-0.2, 0) is 9.59 Å². The highest BCUT2D eigenvalue weighted by molar-refractivity contribution is 5.93. The quantitative estimate of drug-likeness (QED) is 0.199. The van der Waals surface area contributed by atoms with Crippen molar-refractivity contribution in [1.29, 1.82) is 0 Å². The lowest BCUT2D eigenvalue weighted by Crippen LogP contribution is -2.35. The van der Waals surface area contributed by atoms with Crippen LogP contribution in [0.25, 0.3) is 0 Å². The van der Waals surface area contributed by atoms with E-state index in [0.717, 1.165) is 68.4 Å². The van der Waals surface area contributed by atoms with Crippen molar-refractivity contribution in [3.8, 4) is 0 Å². The van der Waals surface area contributed by atoms with Crippen molar-refractivity contribution in [3.05, 3.63) is 29.3 Å². The van der Waals surface area contributed by atoms with Gasteiger partial charge in [-0.3, -0.25) is 9.69 Å². The van der Waals surface area contributed by atoms with Gasteiger partial charge in [-0.15, -0.1) is 0 Å². The van der Waals surface area contributed by atoms with Crippen LogP contribution in [0.15, 0.2) is 18.2 Å². The minimum atomic E-state index is 0.0777. The molecule has 0 unspecified atom stereocenters. The number of hydrogen-bond donors (Lipinski definition) is 2. The van der Waals surface area contributed by atoms with Crippen molar-refractivity contribution in [2.24, 2.45) is 10.8 Å². The number of carbonyl (C=O) groups is 2. The molecular weight excluding hydrogens is 422 g/mol. The summed E-state index contributed by atoms with van der Waals surface area (Å²) >= 11 is 0. The number of rotatable bonds is 18.